The standard InChI is InChI=1S/C17H17BF2N4/c1-10-5-12(3)23-16(10)15(14-7-21-9-22-8-14)17-11(2)6-13(4)24(17)18(23,19)20/h5-9H,1-4H3. The number of nitrogens with zero attached hydrogens (tertiary/aromatic N) is 4. The summed E-state index contributed by atoms with van der Waals surface area (Å²) >= 11 is 0. The molecule has 0 bridgehead atoms. The third kappa shape index (κ3) is 1.75. The molecule has 122 valence electrons. The van der Waals surface area contributed by atoms with Gasteiger partial charge in [-0.1, -0.05) is 0 Å². The fraction of sp³-hybridized carbons (Fsp3) is 0.235. The third-order valence-corrected chi connectivity index (χ3v) is 4.78. The summed E-state index contributed by atoms with van der Waals surface area (Å²) in [6.45, 7) is 3.26. The minimum Gasteiger partial charge on any atom is -0.393 e. The quantitative estimate of drug-likeness (QED) is 0.754. The van der Waals surface area contributed by atoms with Crippen molar-refractivity contribution < 1.29 is 13.1 Å². The van der Waals surface area contributed by atoms with Crippen molar-refractivity contribution >= 4 is 18.3 Å². The highest BCUT2D eigenvalue weighted by Crippen LogP contribution is 2.43. The molecule has 0 radical (unpaired) electrons. The molecule has 2 aliphatic heterocycles. The Morgan fingerprint density at radius 2 is 1.75 bits per heavy atom. The molecule has 0 saturated carbocycles. The topological polar surface area (TPSA) is 33.7 Å². The Morgan fingerprint density at radius 1 is 1.08 bits per heavy atom. The molecule has 2 aromatic rings. The zero-order valence-electron chi connectivity index (χ0n) is 14.0. The van der Waals surface area contributed by atoms with Gasteiger partial charge in [-0.25, -0.2) is 9.97 Å². The molecule has 0 N–H and O–H groups in total. The summed E-state index contributed by atoms with van der Waals surface area (Å²) in [5.74, 6) is 0. The van der Waals surface area contributed by atoms with Crippen LogP contribution in [0.1, 0.15) is 36.4 Å². The van der Waals surface area contributed by atoms with Gasteiger partial charge in [-0.2, -0.15) is 0 Å². The van der Waals surface area contributed by atoms with Crippen molar-refractivity contribution in [3.8, 4) is 0 Å². The van der Waals surface area contributed by atoms with E-state index in [1.165, 1.54) is 15.3 Å². The lowest BCUT2D eigenvalue weighted by Gasteiger charge is -2.33. The van der Waals surface area contributed by atoms with Gasteiger partial charge >= 0.3 is 6.97 Å². The Kier molecular flexibility index (Phi) is 2.95. The second kappa shape index (κ2) is 4.72. The fourth-order valence-electron chi connectivity index (χ4n) is 4.00. The number of fused-ring (bicyclic) bond motifs is 2. The molecule has 0 fully saturated rings. The second-order valence-corrected chi connectivity index (χ2v) is 6.47. The number of aryl methyl sites for hydroxylation is 2. The molecule has 4 rings (SSSR count). The van der Waals surface area contributed by atoms with Gasteiger partial charge in [0, 0.05) is 42.2 Å². The molecule has 4 heterocycles. The van der Waals surface area contributed by atoms with Crippen molar-refractivity contribution in [2.75, 3.05) is 0 Å². The van der Waals surface area contributed by atoms with Gasteiger partial charge < -0.3 is 17.6 Å². The molecule has 0 aliphatic carbocycles. The van der Waals surface area contributed by atoms with E-state index < -0.39 is 6.97 Å². The molecule has 4 nitrogen and oxygen atoms in total. The number of halogens is 2. The highest BCUT2D eigenvalue weighted by molar-refractivity contribution is 6.58. The first-order valence-corrected chi connectivity index (χ1v) is 7.86. The van der Waals surface area contributed by atoms with Gasteiger partial charge in [0.15, 0.2) is 5.70 Å². The average Bonchev–Trinajstić information content (AvgIpc) is 2.98. The van der Waals surface area contributed by atoms with Crippen molar-refractivity contribution in [1.29, 1.82) is 0 Å². The molecule has 0 saturated heterocycles. The van der Waals surface area contributed by atoms with Gasteiger partial charge in [0.1, 0.15) is 12.0 Å². The molecule has 0 amide bonds. The molecule has 0 aromatic carbocycles. The second-order valence-electron chi connectivity index (χ2n) is 6.47. The molecule has 2 aliphatic rings. The molecular weight excluding hydrogens is 309 g/mol. The number of rotatable bonds is 1. The lowest BCUT2D eigenvalue weighted by atomic mass is 9.84. The maximum Gasteiger partial charge on any atom is 0.737 e. The largest absolute Gasteiger partial charge is 0.737 e. The first-order chi connectivity index (χ1) is 11.3. The van der Waals surface area contributed by atoms with E-state index in [4.69, 9.17) is 0 Å². The summed E-state index contributed by atoms with van der Waals surface area (Å²) in [6, 6.07) is 1.81. The highest BCUT2D eigenvalue weighted by atomic mass is 19.2. The molecule has 0 spiro atoms. The Labute approximate surface area is 138 Å². The molecular formula is C17H17BF2N4. The van der Waals surface area contributed by atoms with E-state index >= 15 is 8.63 Å². The van der Waals surface area contributed by atoms with Crippen LogP contribution in [0.5, 0.6) is 0 Å². The first-order valence-electron chi connectivity index (χ1n) is 7.86. The Hall–Kier alpha value is -2.57. The predicted octanol–water partition coefficient (Wildman–Crippen LogP) is 3.32. The number of hydrogen-bond donors (Lipinski definition) is 0. The summed E-state index contributed by atoms with van der Waals surface area (Å²) in [5, 5.41) is 0. The third-order valence-electron chi connectivity index (χ3n) is 4.78. The first kappa shape index (κ1) is 15.0. The van der Waals surface area contributed by atoms with E-state index in [-0.39, 0.29) is 0 Å². The van der Waals surface area contributed by atoms with Crippen LogP contribution in [-0.2, 0) is 0 Å². The SMILES string of the molecule is CC1=CC(C)=[N+]2C1=C(c1cncnc1)c1c(C)cc(C)n1[B-]2(F)F. The Balaban J connectivity index is 2.20. The normalized spacial score (nSPS) is 18.7. The smallest absolute Gasteiger partial charge is 0.393 e. The van der Waals surface area contributed by atoms with Crippen molar-refractivity contribution in [1.82, 2.24) is 14.4 Å². The summed E-state index contributed by atoms with van der Waals surface area (Å²) in [4.78, 5) is 8.16. The van der Waals surface area contributed by atoms with E-state index in [9.17, 15) is 0 Å². The van der Waals surface area contributed by atoms with Gasteiger partial charge in [0.2, 0.25) is 0 Å². The molecule has 7 heteroatoms. The predicted molar refractivity (Wildman–Crippen MR) is 90.0 cm³/mol. The van der Waals surface area contributed by atoms with Crippen LogP contribution in [0.15, 0.2) is 42.1 Å². The monoisotopic (exact) mass is 326 g/mol. The summed E-state index contributed by atoms with van der Waals surface area (Å²) < 4.78 is 33.1. The van der Waals surface area contributed by atoms with E-state index in [2.05, 4.69) is 9.97 Å². The zero-order valence-corrected chi connectivity index (χ0v) is 14.0. The van der Waals surface area contributed by atoms with Crippen LogP contribution in [0.25, 0.3) is 5.57 Å². The van der Waals surface area contributed by atoms with Crippen LogP contribution in [0.2, 0.25) is 0 Å². The lowest BCUT2D eigenvalue weighted by Crippen LogP contribution is -2.51. The fourth-order valence-corrected chi connectivity index (χ4v) is 4.00. The lowest BCUT2D eigenvalue weighted by molar-refractivity contribution is -0.363. The van der Waals surface area contributed by atoms with E-state index in [0.717, 1.165) is 22.3 Å². The van der Waals surface area contributed by atoms with E-state index in [1.807, 2.05) is 26.0 Å². The van der Waals surface area contributed by atoms with Gasteiger partial charge in [-0.15, -0.1) is 0 Å². The zero-order chi connectivity index (χ0) is 17.2. The average molecular weight is 326 g/mol. The van der Waals surface area contributed by atoms with Crippen molar-refractivity contribution in [3.05, 3.63) is 64.6 Å². The van der Waals surface area contributed by atoms with Gasteiger partial charge in [-0.3, -0.25) is 0 Å². The molecule has 2 aromatic heterocycles. The minimum atomic E-state index is -3.93. The summed E-state index contributed by atoms with van der Waals surface area (Å²) in [6.07, 6.45) is 6.61. The van der Waals surface area contributed by atoms with Crippen LogP contribution in [0.4, 0.5) is 8.63 Å². The summed E-state index contributed by atoms with van der Waals surface area (Å²) in [7, 11) is 0. The van der Waals surface area contributed by atoms with Crippen molar-refractivity contribution in [3.63, 3.8) is 0 Å². The number of hydrogen-bond acceptors (Lipinski definition) is 2. The van der Waals surface area contributed by atoms with Crippen molar-refractivity contribution in [2.45, 2.75) is 27.7 Å². The number of allylic oxidation sites excluding steroid dienone is 2. The molecule has 0 atom stereocenters. The highest BCUT2D eigenvalue weighted by Gasteiger charge is 2.55. The maximum absolute atomic E-state index is 15.4. The van der Waals surface area contributed by atoms with E-state index in [0.29, 0.717) is 22.8 Å². The Bertz CT molecular complexity index is 968. The van der Waals surface area contributed by atoms with Crippen LogP contribution < -0.4 is 0 Å². The van der Waals surface area contributed by atoms with Crippen LogP contribution >= 0.6 is 0 Å². The van der Waals surface area contributed by atoms with Crippen LogP contribution in [0, 0.1) is 13.8 Å². The van der Waals surface area contributed by atoms with Crippen LogP contribution in [0.3, 0.4) is 0 Å². The summed E-state index contributed by atoms with van der Waals surface area (Å²) in [5.41, 5.74) is 5.39. The van der Waals surface area contributed by atoms with E-state index in [1.54, 1.807) is 26.2 Å². The minimum absolute atomic E-state index is 0.554. The number of aromatic nitrogens is 3. The molecule has 24 heavy (non-hydrogen) atoms. The Morgan fingerprint density at radius 3 is 2.42 bits per heavy atom. The molecule has 0 unspecified atom stereocenters. The maximum atomic E-state index is 15.4. The van der Waals surface area contributed by atoms with Crippen LogP contribution in [-0.4, -0.2) is 31.6 Å². The van der Waals surface area contributed by atoms with Crippen molar-refractivity contribution in [2.24, 2.45) is 0 Å². The van der Waals surface area contributed by atoms with Gasteiger partial charge in [0.25, 0.3) is 0 Å². The van der Waals surface area contributed by atoms with Gasteiger partial charge in [-0.05, 0) is 38.1 Å². The van der Waals surface area contributed by atoms with Gasteiger partial charge in [0.05, 0.1) is 5.57 Å².